The lowest BCUT2D eigenvalue weighted by atomic mass is 9.95. The summed E-state index contributed by atoms with van der Waals surface area (Å²) in [7, 11) is -3.66. The molecule has 1 aliphatic rings. The van der Waals surface area contributed by atoms with E-state index in [1.54, 1.807) is 40.8 Å². The molecule has 1 unspecified atom stereocenters. The highest BCUT2D eigenvalue weighted by atomic mass is 32.2. The van der Waals surface area contributed by atoms with Crippen LogP contribution in [-0.2, 0) is 10.0 Å². The van der Waals surface area contributed by atoms with E-state index in [4.69, 9.17) is 0 Å². The lowest BCUT2D eigenvalue weighted by molar-refractivity contribution is 0.406. The van der Waals surface area contributed by atoms with Gasteiger partial charge in [0.15, 0.2) is 0 Å². The molecule has 0 radical (unpaired) electrons. The van der Waals surface area contributed by atoms with Gasteiger partial charge in [-0.1, -0.05) is 36.8 Å². The van der Waals surface area contributed by atoms with Gasteiger partial charge in [-0.2, -0.15) is 4.31 Å². The molecule has 27 heavy (non-hydrogen) atoms. The topological polar surface area (TPSA) is 50.3 Å². The van der Waals surface area contributed by atoms with E-state index in [9.17, 15) is 12.8 Å². The second kappa shape index (κ2) is 7.37. The second-order valence-corrected chi connectivity index (χ2v) is 8.84. The standard InChI is InChI=1S/C21H21FN2O2S/c22-19-11-9-16(10-12-19)18-5-1-2-14-24(15-18)27(25,26)20-8-3-6-17-7-4-13-23-21(17)20/h3-4,6-13,18H,1-2,5,14-15H2. The molecule has 6 heteroatoms. The van der Waals surface area contributed by atoms with E-state index in [0.717, 1.165) is 30.2 Å². The number of rotatable bonds is 3. The molecule has 0 N–H and O–H groups in total. The number of hydrogen-bond donors (Lipinski definition) is 0. The zero-order valence-electron chi connectivity index (χ0n) is 14.9. The monoisotopic (exact) mass is 384 g/mol. The number of hydrogen-bond acceptors (Lipinski definition) is 3. The molecule has 0 saturated carbocycles. The molecule has 1 fully saturated rings. The fraction of sp³-hybridized carbons (Fsp3) is 0.286. The van der Waals surface area contributed by atoms with Crippen molar-refractivity contribution in [3.63, 3.8) is 0 Å². The predicted molar refractivity (Wildman–Crippen MR) is 103 cm³/mol. The van der Waals surface area contributed by atoms with Gasteiger partial charge in [0, 0.05) is 24.7 Å². The van der Waals surface area contributed by atoms with Crippen LogP contribution in [0.15, 0.2) is 65.7 Å². The Hall–Kier alpha value is -2.31. The van der Waals surface area contributed by atoms with Crippen molar-refractivity contribution in [3.8, 4) is 0 Å². The minimum absolute atomic E-state index is 0.0609. The Kier molecular flexibility index (Phi) is 4.93. The normalized spacial score (nSPS) is 19.1. The summed E-state index contributed by atoms with van der Waals surface area (Å²) in [6, 6.07) is 15.3. The van der Waals surface area contributed by atoms with Crippen LogP contribution in [0.5, 0.6) is 0 Å². The van der Waals surface area contributed by atoms with Crippen LogP contribution in [0.4, 0.5) is 4.39 Å². The number of nitrogens with zero attached hydrogens (tertiary/aromatic N) is 2. The van der Waals surface area contributed by atoms with Gasteiger partial charge >= 0.3 is 0 Å². The summed E-state index contributed by atoms with van der Waals surface area (Å²) in [4.78, 5) is 4.56. The summed E-state index contributed by atoms with van der Waals surface area (Å²) < 4.78 is 41.6. The molecule has 0 aliphatic carbocycles. The van der Waals surface area contributed by atoms with Crippen molar-refractivity contribution in [2.45, 2.75) is 30.1 Å². The maximum absolute atomic E-state index is 13.4. The van der Waals surface area contributed by atoms with Crippen LogP contribution in [-0.4, -0.2) is 30.8 Å². The average molecular weight is 384 g/mol. The van der Waals surface area contributed by atoms with Crippen LogP contribution in [0.25, 0.3) is 10.9 Å². The van der Waals surface area contributed by atoms with E-state index in [1.165, 1.54) is 12.1 Å². The zero-order valence-corrected chi connectivity index (χ0v) is 15.7. The van der Waals surface area contributed by atoms with Gasteiger partial charge in [0.25, 0.3) is 0 Å². The Labute approximate surface area is 158 Å². The summed E-state index contributed by atoms with van der Waals surface area (Å²) in [5.41, 5.74) is 1.48. The molecule has 1 aliphatic heterocycles. The van der Waals surface area contributed by atoms with Gasteiger partial charge in [0.05, 0.1) is 5.52 Å². The quantitative estimate of drug-likeness (QED) is 0.675. The number of fused-ring (bicyclic) bond motifs is 1. The number of sulfonamides is 1. The summed E-state index contributed by atoms with van der Waals surface area (Å²) in [6.07, 6.45) is 4.27. The average Bonchev–Trinajstić information content (AvgIpc) is 2.95. The summed E-state index contributed by atoms with van der Waals surface area (Å²) in [6.45, 7) is 0.889. The molecule has 2 heterocycles. The third kappa shape index (κ3) is 3.59. The molecule has 1 saturated heterocycles. The summed E-state index contributed by atoms with van der Waals surface area (Å²) in [5.74, 6) is -0.218. The number of pyridine rings is 1. The Bertz CT molecular complexity index is 1050. The number of para-hydroxylation sites is 1. The van der Waals surface area contributed by atoms with Crippen LogP contribution < -0.4 is 0 Å². The summed E-state index contributed by atoms with van der Waals surface area (Å²) in [5, 5.41) is 0.809. The highest BCUT2D eigenvalue weighted by Crippen LogP contribution is 2.31. The van der Waals surface area contributed by atoms with E-state index in [-0.39, 0.29) is 16.6 Å². The molecule has 3 aromatic rings. The smallest absolute Gasteiger partial charge is 0.245 e. The fourth-order valence-corrected chi connectivity index (χ4v) is 5.45. The molecule has 140 valence electrons. The van der Waals surface area contributed by atoms with Crippen molar-refractivity contribution in [2.75, 3.05) is 13.1 Å². The number of benzene rings is 2. The van der Waals surface area contributed by atoms with Crippen molar-refractivity contribution in [2.24, 2.45) is 0 Å². The molecular weight excluding hydrogens is 363 g/mol. The second-order valence-electron chi connectivity index (χ2n) is 6.94. The first-order valence-corrected chi connectivity index (χ1v) is 10.6. The van der Waals surface area contributed by atoms with Gasteiger partial charge in [0.1, 0.15) is 10.7 Å². The Morgan fingerprint density at radius 3 is 2.59 bits per heavy atom. The molecule has 4 nitrogen and oxygen atoms in total. The van der Waals surface area contributed by atoms with Crippen LogP contribution in [0, 0.1) is 5.82 Å². The van der Waals surface area contributed by atoms with Gasteiger partial charge in [-0.05, 0) is 48.6 Å². The van der Waals surface area contributed by atoms with Gasteiger partial charge in [-0.3, -0.25) is 4.98 Å². The molecule has 0 spiro atoms. The van der Waals surface area contributed by atoms with E-state index in [2.05, 4.69) is 4.98 Å². The van der Waals surface area contributed by atoms with Crippen molar-refractivity contribution in [3.05, 3.63) is 72.2 Å². The maximum Gasteiger partial charge on any atom is 0.245 e. The van der Waals surface area contributed by atoms with Gasteiger partial charge in [-0.25, -0.2) is 12.8 Å². The minimum Gasteiger partial charge on any atom is -0.255 e. The van der Waals surface area contributed by atoms with E-state index in [0.29, 0.717) is 18.6 Å². The molecule has 1 aromatic heterocycles. The first-order chi connectivity index (χ1) is 13.1. The lowest BCUT2D eigenvalue weighted by Crippen LogP contribution is -2.34. The van der Waals surface area contributed by atoms with Gasteiger partial charge in [-0.15, -0.1) is 0 Å². The van der Waals surface area contributed by atoms with E-state index >= 15 is 0 Å². The maximum atomic E-state index is 13.4. The Morgan fingerprint density at radius 1 is 1.00 bits per heavy atom. The minimum atomic E-state index is -3.66. The zero-order chi connectivity index (χ0) is 18.9. The third-order valence-corrected chi connectivity index (χ3v) is 7.09. The van der Waals surface area contributed by atoms with Crippen LogP contribution in [0.1, 0.15) is 30.7 Å². The van der Waals surface area contributed by atoms with Crippen molar-refractivity contribution >= 4 is 20.9 Å². The molecular formula is C21H21FN2O2S. The molecule has 0 bridgehead atoms. The van der Waals surface area contributed by atoms with Crippen LogP contribution in [0.3, 0.4) is 0 Å². The summed E-state index contributed by atoms with van der Waals surface area (Å²) >= 11 is 0. The first-order valence-electron chi connectivity index (χ1n) is 9.15. The van der Waals surface area contributed by atoms with Crippen molar-refractivity contribution in [1.82, 2.24) is 9.29 Å². The molecule has 4 rings (SSSR count). The number of halogens is 1. The Balaban J connectivity index is 1.70. The highest BCUT2D eigenvalue weighted by molar-refractivity contribution is 7.89. The van der Waals surface area contributed by atoms with Crippen LogP contribution >= 0.6 is 0 Å². The fourth-order valence-electron chi connectivity index (χ4n) is 3.76. The van der Waals surface area contributed by atoms with Gasteiger partial charge in [0.2, 0.25) is 10.0 Å². The molecule has 2 aromatic carbocycles. The Morgan fingerprint density at radius 2 is 1.78 bits per heavy atom. The third-order valence-electron chi connectivity index (χ3n) is 5.19. The largest absolute Gasteiger partial charge is 0.255 e. The first kappa shape index (κ1) is 18.1. The molecule has 0 amide bonds. The highest BCUT2D eigenvalue weighted by Gasteiger charge is 2.31. The molecule has 1 atom stereocenters. The SMILES string of the molecule is O=S(=O)(c1cccc2cccnc12)N1CCCCC(c2ccc(F)cc2)C1. The predicted octanol–water partition coefficient (Wildman–Crippen LogP) is 4.33. The number of aromatic nitrogens is 1. The van der Waals surface area contributed by atoms with E-state index in [1.807, 2.05) is 12.1 Å². The van der Waals surface area contributed by atoms with Crippen molar-refractivity contribution in [1.29, 1.82) is 0 Å². The van der Waals surface area contributed by atoms with E-state index < -0.39 is 10.0 Å². The van der Waals surface area contributed by atoms with Gasteiger partial charge < -0.3 is 0 Å². The lowest BCUT2D eigenvalue weighted by Gasteiger charge is -2.24. The van der Waals surface area contributed by atoms with Crippen LogP contribution in [0.2, 0.25) is 0 Å². The van der Waals surface area contributed by atoms with Crippen molar-refractivity contribution < 1.29 is 12.8 Å².